The van der Waals surface area contributed by atoms with Crippen molar-refractivity contribution in [2.24, 2.45) is 0 Å². The van der Waals surface area contributed by atoms with Crippen molar-refractivity contribution in [2.45, 2.75) is 0 Å². The van der Waals surface area contributed by atoms with Gasteiger partial charge in [-0.3, -0.25) is 0 Å². The summed E-state index contributed by atoms with van der Waals surface area (Å²) >= 11 is 0. The van der Waals surface area contributed by atoms with Gasteiger partial charge in [-0.2, -0.15) is 0 Å². The minimum atomic E-state index is 0.706. The second-order valence-corrected chi connectivity index (χ2v) is 15.4. The maximum atomic E-state index is 5.30. The van der Waals surface area contributed by atoms with Gasteiger partial charge in [0.2, 0.25) is 0 Å². The van der Waals surface area contributed by atoms with Crippen LogP contribution in [0.15, 0.2) is 218 Å². The third-order valence-corrected chi connectivity index (χ3v) is 11.9. The lowest BCUT2D eigenvalue weighted by Crippen LogP contribution is -1.96. The zero-order chi connectivity index (χ0) is 39.6. The molecule has 0 unspecified atom stereocenters. The molecule has 0 N–H and O–H groups in total. The average molecular weight is 765 g/mol. The average Bonchev–Trinajstić information content (AvgIpc) is 3.84. The lowest BCUT2D eigenvalue weighted by Gasteiger charge is -2.12. The lowest BCUT2D eigenvalue weighted by molar-refractivity contribution is 1.18. The summed E-state index contributed by atoms with van der Waals surface area (Å²) < 4.78 is 4.71. The maximum Gasteiger partial charge on any atom is 0.160 e. The molecule has 12 aromatic rings. The maximum absolute atomic E-state index is 5.30. The fraction of sp³-hybridized carbons (Fsp3) is 0. The molecule has 0 atom stereocenters. The topological polar surface area (TPSA) is 35.6 Å². The molecule has 9 aromatic carbocycles. The van der Waals surface area contributed by atoms with Crippen LogP contribution in [0, 0.1) is 0 Å². The molecule has 4 nitrogen and oxygen atoms in total. The number of rotatable bonds is 6. The van der Waals surface area contributed by atoms with Crippen LogP contribution >= 0.6 is 0 Å². The molecule has 3 heterocycles. The van der Waals surface area contributed by atoms with Crippen LogP contribution in [0.5, 0.6) is 0 Å². The van der Waals surface area contributed by atoms with E-state index in [-0.39, 0.29) is 0 Å². The van der Waals surface area contributed by atoms with E-state index >= 15 is 0 Å². The van der Waals surface area contributed by atoms with E-state index in [2.05, 4.69) is 228 Å². The number of aromatic nitrogens is 4. The highest BCUT2D eigenvalue weighted by atomic mass is 15.0. The van der Waals surface area contributed by atoms with E-state index < -0.39 is 0 Å². The van der Waals surface area contributed by atoms with Gasteiger partial charge < -0.3 is 9.13 Å². The number of nitrogens with zero attached hydrogens (tertiary/aromatic N) is 4. The second kappa shape index (κ2) is 13.8. The molecule has 4 heteroatoms. The molecule has 0 spiro atoms. The van der Waals surface area contributed by atoms with Gasteiger partial charge in [0.15, 0.2) is 5.82 Å². The van der Waals surface area contributed by atoms with Crippen LogP contribution < -0.4 is 0 Å². The highest BCUT2D eigenvalue weighted by Gasteiger charge is 2.17. The van der Waals surface area contributed by atoms with E-state index in [1.54, 1.807) is 0 Å². The van der Waals surface area contributed by atoms with Crippen molar-refractivity contribution < 1.29 is 0 Å². The quantitative estimate of drug-likeness (QED) is 0.169. The molecule has 0 amide bonds. The lowest BCUT2D eigenvalue weighted by atomic mass is 9.98. The van der Waals surface area contributed by atoms with E-state index in [4.69, 9.17) is 9.97 Å². The Morgan fingerprint density at radius 3 is 1.25 bits per heavy atom. The van der Waals surface area contributed by atoms with E-state index in [1.807, 2.05) is 0 Å². The molecule has 0 radical (unpaired) electrons. The number of hydrogen-bond donors (Lipinski definition) is 0. The summed E-state index contributed by atoms with van der Waals surface area (Å²) in [4.78, 5) is 10.5. The Bertz CT molecular complexity index is 3570. The van der Waals surface area contributed by atoms with Gasteiger partial charge in [-0.05, 0) is 95.1 Å². The third-order valence-electron chi connectivity index (χ3n) is 11.9. The normalized spacial score (nSPS) is 11.7. The predicted molar refractivity (Wildman–Crippen MR) is 250 cm³/mol. The number of para-hydroxylation sites is 4. The zero-order valence-electron chi connectivity index (χ0n) is 32.6. The monoisotopic (exact) mass is 764 g/mol. The number of benzene rings is 9. The van der Waals surface area contributed by atoms with Gasteiger partial charge in [0.05, 0.1) is 33.3 Å². The molecular formula is C56H36N4. The Balaban J connectivity index is 0.938. The summed E-state index contributed by atoms with van der Waals surface area (Å²) in [6.07, 6.45) is 0. The van der Waals surface area contributed by atoms with Gasteiger partial charge in [0, 0.05) is 49.4 Å². The van der Waals surface area contributed by atoms with Gasteiger partial charge >= 0.3 is 0 Å². The molecule has 3 aromatic heterocycles. The molecule has 0 aliphatic heterocycles. The fourth-order valence-electron chi connectivity index (χ4n) is 9.08. The van der Waals surface area contributed by atoms with Crippen LogP contribution in [0.2, 0.25) is 0 Å². The van der Waals surface area contributed by atoms with E-state index in [9.17, 15) is 0 Å². The summed E-state index contributed by atoms with van der Waals surface area (Å²) in [6.45, 7) is 0. The summed E-state index contributed by atoms with van der Waals surface area (Å²) in [5.41, 5.74) is 15.6. The Morgan fingerprint density at radius 2 is 0.683 bits per heavy atom. The highest BCUT2D eigenvalue weighted by molar-refractivity contribution is 6.12. The van der Waals surface area contributed by atoms with Gasteiger partial charge in [0.25, 0.3) is 0 Å². The molecule has 0 saturated heterocycles. The van der Waals surface area contributed by atoms with Crippen LogP contribution in [0.25, 0.3) is 111 Å². The van der Waals surface area contributed by atoms with Crippen molar-refractivity contribution in [2.75, 3.05) is 0 Å². The predicted octanol–water partition coefficient (Wildman–Crippen LogP) is 14.5. The highest BCUT2D eigenvalue weighted by Crippen LogP contribution is 2.39. The van der Waals surface area contributed by atoms with Crippen molar-refractivity contribution in [1.82, 2.24) is 19.1 Å². The second-order valence-electron chi connectivity index (χ2n) is 15.4. The number of fused-ring (bicyclic) bond motifs is 7. The first-order valence-electron chi connectivity index (χ1n) is 20.4. The first-order chi connectivity index (χ1) is 29.7. The molecule has 0 saturated carbocycles. The Kier molecular flexibility index (Phi) is 7.82. The largest absolute Gasteiger partial charge is 0.309 e. The van der Waals surface area contributed by atoms with Crippen LogP contribution in [0.3, 0.4) is 0 Å². The summed E-state index contributed by atoms with van der Waals surface area (Å²) in [7, 11) is 0. The first kappa shape index (κ1) is 34.0. The molecule has 0 aliphatic rings. The summed E-state index contributed by atoms with van der Waals surface area (Å²) in [5, 5.41) is 5.96. The van der Waals surface area contributed by atoms with Crippen molar-refractivity contribution in [3.8, 4) is 56.3 Å². The first-order valence-corrected chi connectivity index (χ1v) is 20.4. The van der Waals surface area contributed by atoms with Crippen molar-refractivity contribution in [1.29, 1.82) is 0 Å². The van der Waals surface area contributed by atoms with Crippen LogP contribution in [0.4, 0.5) is 0 Å². The Morgan fingerprint density at radius 1 is 0.267 bits per heavy atom. The molecule has 12 rings (SSSR count). The molecule has 0 aliphatic carbocycles. The van der Waals surface area contributed by atoms with Crippen LogP contribution in [0.1, 0.15) is 0 Å². The molecule has 0 fully saturated rings. The Labute approximate surface area is 346 Å². The van der Waals surface area contributed by atoms with Crippen molar-refractivity contribution >= 4 is 54.5 Å². The molecule has 60 heavy (non-hydrogen) atoms. The van der Waals surface area contributed by atoms with Gasteiger partial charge in [-0.15, -0.1) is 0 Å². The van der Waals surface area contributed by atoms with Gasteiger partial charge in [-0.1, -0.05) is 146 Å². The summed E-state index contributed by atoms with van der Waals surface area (Å²) in [5.74, 6) is 0.706. The van der Waals surface area contributed by atoms with Crippen molar-refractivity contribution in [3.63, 3.8) is 0 Å². The Hall–Kier alpha value is -8.08. The van der Waals surface area contributed by atoms with E-state index in [0.717, 1.165) is 55.8 Å². The van der Waals surface area contributed by atoms with Crippen LogP contribution in [-0.2, 0) is 0 Å². The fourth-order valence-corrected chi connectivity index (χ4v) is 9.08. The smallest absolute Gasteiger partial charge is 0.160 e. The van der Waals surface area contributed by atoms with Crippen LogP contribution in [-0.4, -0.2) is 19.1 Å². The van der Waals surface area contributed by atoms with Gasteiger partial charge in [-0.25, -0.2) is 9.97 Å². The summed E-state index contributed by atoms with van der Waals surface area (Å²) in [6, 6.07) is 77.9. The van der Waals surface area contributed by atoms with Gasteiger partial charge in [0.1, 0.15) is 0 Å². The van der Waals surface area contributed by atoms with E-state index in [1.165, 1.54) is 49.2 Å². The minimum Gasteiger partial charge on any atom is -0.309 e. The third kappa shape index (κ3) is 5.53. The molecule has 0 bridgehead atoms. The zero-order valence-corrected chi connectivity index (χ0v) is 32.6. The van der Waals surface area contributed by atoms with Crippen molar-refractivity contribution in [3.05, 3.63) is 218 Å². The number of hydrogen-bond acceptors (Lipinski definition) is 2. The molecular weight excluding hydrogens is 729 g/mol. The SMILES string of the molecule is c1ccc(-c2nc(-c3ccc(-c4ccc5c(c4)c4ccccc4n5-c4ccccc4)cc3)nc3ccc(-c4ccc5c(c4)c4ccccc4n5-c4ccccc4)cc23)cc1. The van der Waals surface area contributed by atoms with E-state index in [0.29, 0.717) is 5.82 Å². The molecule has 280 valence electrons. The standard InChI is InChI=1S/C56H36N4/c1-4-14-38(15-5-1)55-49-36-41(42-30-33-54-48(35-42)46-21-11-13-23-52(46)60(54)44-18-8-3-9-19-44)28-31-50(49)57-56(58-55)39-26-24-37(25-27-39)40-29-32-53-47(34-40)45-20-10-12-22-51(45)59(53)43-16-6-2-7-17-43/h1-36H. The minimum absolute atomic E-state index is 0.706.